The second kappa shape index (κ2) is 5.76. The fourth-order valence-corrected chi connectivity index (χ4v) is 3.55. The molecular formula is C14H18O2S2. The van der Waals surface area contributed by atoms with E-state index in [0.717, 1.165) is 11.5 Å². The van der Waals surface area contributed by atoms with Crippen LogP contribution in [0.1, 0.15) is 19.5 Å². The maximum Gasteiger partial charge on any atom is 0.175 e. The minimum atomic E-state index is 0.685. The summed E-state index contributed by atoms with van der Waals surface area (Å²) >= 11 is 3.58. The third kappa shape index (κ3) is 3.06. The molecule has 0 spiro atoms. The Balaban J connectivity index is 0.000000149. The molecule has 0 aliphatic carbocycles. The van der Waals surface area contributed by atoms with E-state index in [-0.39, 0.29) is 0 Å². The van der Waals surface area contributed by atoms with Crippen molar-refractivity contribution >= 4 is 22.7 Å². The van der Waals surface area contributed by atoms with E-state index in [1.54, 1.807) is 11.3 Å². The lowest BCUT2D eigenvalue weighted by atomic mass is 10.3. The van der Waals surface area contributed by atoms with Gasteiger partial charge in [-0.1, -0.05) is 0 Å². The molecule has 0 unspecified atom stereocenters. The Morgan fingerprint density at radius 2 is 1.22 bits per heavy atom. The largest absolute Gasteiger partial charge is 0.485 e. The first-order valence-corrected chi connectivity index (χ1v) is 7.60. The van der Waals surface area contributed by atoms with Gasteiger partial charge in [-0.25, -0.2) is 0 Å². The fourth-order valence-electron chi connectivity index (χ4n) is 1.82. The van der Waals surface area contributed by atoms with E-state index >= 15 is 0 Å². The minimum Gasteiger partial charge on any atom is -0.485 e. The van der Waals surface area contributed by atoms with Gasteiger partial charge in [0.05, 0.1) is 0 Å². The SMILES string of the molecule is Cc1ccc(C)s1.Cc1sc(C)c2c1OCCO2. The van der Waals surface area contributed by atoms with Crippen molar-refractivity contribution in [2.75, 3.05) is 13.2 Å². The first kappa shape index (κ1) is 13.4. The quantitative estimate of drug-likeness (QED) is 0.708. The van der Waals surface area contributed by atoms with E-state index in [2.05, 4.69) is 39.8 Å². The van der Waals surface area contributed by atoms with Crippen LogP contribution in [-0.2, 0) is 0 Å². The standard InChI is InChI=1S/C8H10O2S.C6H8S/c1-5-7-8(6(2)11-5)10-4-3-9-7;1-5-3-4-6(2)7-5/h3-4H2,1-2H3;3-4H,1-2H3. The molecular weight excluding hydrogens is 264 g/mol. The van der Waals surface area contributed by atoms with Gasteiger partial charge in [0, 0.05) is 19.5 Å². The Hall–Kier alpha value is -1.00. The molecule has 0 saturated carbocycles. The maximum absolute atomic E-state index is 5.46. The molecule has 0 aromatic carbocycles. The average molecular weight is 282 g/mol. The Kier molecular flexibility index (Phi) is 4.30. The summed E-state index contributed by atoms with van der Waals surface area (Å²) in [5.41, 5.74) is 0. The summed E-state index contributed by atoms with van der Waals surface area (Å²) in [6.45, 7) is 9.74. The van der Waals surface area contributed by atoms with Gasteiger partial charge in [0.15, 0.2) is 11.5 Å². The molecule has 0 amide bonds. The normalized spacial score (nSPS) is 12.9. The fraction of sp³-hybridized carbons (Fsp3) is 0.429. The van der Waals surface area contributed by atoms with Crippen molar-refractivity contribution < 1.29 is 9.47 Å². The predicted octanol–water partition coefficient (Wildman–Crippen LogP) is 4.50. The van der Waals surface area contributed by atoms with Gasteiger partial charge >= 0.3 is 0 Å². The molecule has 3 rings (SSSR count). The lowest BCUT2D eigenvalue weighted by molar-refractivity contribution is 0.171. The average Bonchev–Trinajstić information content (AvgIpc) is 2.85. The molecule has 0 fully saturated rings. The molecule has 2 nitrogen and oxygen atoms in total. The third-order valence-electron chi connectivity index (χ3n) is 2.60. The lowest BCUT2D eigenvalue weighted by Crippen LogP contribution is -2.14. The van der Waals surface area contributed by atoms with Crippen LogP contribution in [0, 0.1) is 27.7 Å². The summed E-state index contributed by atoms with van der Waals surface area (Å²) in [5.74, 6) is 1.91. The van der Waals surface area contributed by atoms with Gasteiger partial charge < -0.3 is 9.47 Å². The van der Waals surface area contributed by atoms with Crippen molar-refractivity contribution in [1.82, 2.24) is 0 Å². The second-order valence-electron chi connectivity index (χ2n) is 4.23. The van der Waals surface area contributed by atoms with Crippen molar-refractivity contribution in [3.8, 4) is 11.5 Å². The van der Waals surface area contributed by atoms with E-state index in [0.29, 0.717) is 13.2 Å². The van der Waals surface area contributed by atoms with E-state index in [1.165, 1.54) is 19.5 Å². The summed E-state index contributed by atoms with van der Waals surface area (Å²) < 4.78 is 10.9. The van der Waals surface area contributed by atoms with Crippen LogP contribution in [0.3, 0.4) is 0 Å². The highest BCUT2D eigenvalue weighted by molar-refractivity contribution is 7.12. The monoisotopic (exact) mass is 282 g/mol. The van der Waals surface area contributed by atoms with E-state index in [4.69, 9.17) is 9.47 Å². The molecule has 0 bridgehead atoms. The topological polar surface area (TPSA) is 18.5 Å². The zero-order valence-corrected chi connectivity index (χ0v) is 12.8. The minimum absolute atomic E-state index is 0.685. The summed E-state index contributed by atoms with van der Waals surface area (Å²) in [5, 5.41) is 0. The highest BCUT2D eigenvalue weighted by Gasteiger charge is 2.19. The predicted molar refractivity (Wildman–Crippen MR) is 78.6 cm³/mol. The molecule has 3 heterocycles. The zero-order valence-electron chi connectivity index (χ0n) is 11.2. The van der Waals surface area contributed by atoms with E-state index in [9.17, 15) is 0 Å². The molecule has 98 valence electrons. The van der Waals surface area contributed by atoms with Crippen LogP contribution in [0.25, 0.3) is 0 Å². The van der Waals surface area contributed by atoms with Crippen molar-refractivity contribution in [3.63, 3.8) is 0 Å². The van der Waals surface area contributed by atoms with Crippen molar-refractivity contribution in [1.29, 1.82) is 0 Å². The van der Waals surface area contributed by atoms with Crippen LogP contribution < -0.4 is 9.47 Å². The van der Waals surface area contributed by atoms with Gasteiger partial charge in [0.1, 0.15) is 13.2 Å². The molecule has 0 saturated heterocycles. The van der Waals surface area contributed by atoms with E-state index < -0.39 is 0 Å². The number of hydrogen-bond acceptors (Lipinski definition) is 4. The smallest absolute Gasteiger partial charge is 0.175 e. The maximum atomic E-state index is 5.46. The molecule has 2 aromatic heterocycles. The van der Waals surface area contributed by atoms with Gasteiger partial charge in [-0.3, -0.25) is 0 Å². The number of rotatable bonds is 0. The van der Waals surface area contributed by atoms with Crippen LogP contribution >= 0.6 is 22.7 Å². The number of thiophene rings is 2. The zero-order chi connectivity index (χ0) is 13.1. The summed E-state index contributed by atoms with van der Waals surface area (Å²) in [6.07, 6.45) is 0. The van der Waals surface area contributed by atoms with Crippen molar-refractivity contribution in [2.24, 2.45) is 0 Å². The Morgan fingerprint density at radius 1 is 0.778 bits per heavy atom. The Morgan fingerprint density at radius 3 is 1.56 bits per heavy atom. The number of fused-ring (bicyclic) bond motifs is 1. The molecule has 0 radical (unpaired) electrons. The van der Waals surface area contributed by atoms with Crippen LogP contribution in [0.15, 0.2) is 12.1 Å². The molecule has 2 aromatic rings. The van der Waals surface area contributed by atoms with E-state index in [1.807, 2.05) is 11.3 Å². The van der Waals surface area contributed by atoms with Gasteiger partial charge in [0.2, 0.25) is 0 Å². The van der Waals surface area contributed by atoms with Crippen LogP contribution in [0.4, 0.5) is 0 Å². The second-order valence-corrected chi connectivity index (χ2v) is 7.15. The van der Waals surface area contributed by atoms with Crippen LogP contribution in [-0.4, -0.2) is 13.2 Å². The Labute approximate surface area is 116 Å². The highest BCUT2D eigenvalue weighted by atomic mass is 32.1. The molecule has 0 N–H and O–H groups in total. The Bertz CT molecular complexity index is 483. The highest BCUT2D eigenvalue weighted by Crippen LogP contribution is 2.42. The van der Waals surface area contributed by atoms with Gasteiger partial charge in [-0.2, -0.15) is 0 Å². The summed E-state index contributed by atoms with van der Waals surface area (Å²) in [4.78, 5) is 5.24. The number of ether oxygens (including phenoxy) is 2. The molecule has 0 atom stereocenters. The molecule has 18 heavy (non-hydrogen) atoms. The molecule has 1 aliphatic heterocycles. The number of aryl methyl sites for hydroxylation is 4. The van der Waals surface area contributed by atoms with Crippen LogP contribution in [0.2, 0.25) is 0 Å². The van der Waals surface area contributed by atoms with Gasteiger partial charge in [0.25, 0.3) is 0 Å². The first-order valence-electron chi connectivity index (χ1n) is 5.96. The molecule has 1 aliphatic rings. The van der Waals surface area contributed by atoms with Gasteiger partial charge in [-0.05, 0) is 39.8 Å². The van der Waals surface area contributed by atoms with Crippen molar-refractivity contribution in [2.45, 2.75) is 27.7 Å². The molecule has 4 heteroatoms. The van der Waals surface area contributed by atoms with Crippen molar-refractivity contribution in [3.05, 3.63) is 31.6 Å². The van der Waals surface area contributed by atoms with Gasteiger partial charge in [-0.15, -0.1) is 22.7 Å². The number of hydrogen-bond donors (Lipinski definition) is 0. The third-order valence-corrected chi connectivity index (χ3v) is 4.50. The summed E-state index contributed by atoms with van der Waals surface area (Å²) in [7, 11) is 0. The van der Waals surface area contributed by atoms with Crippen LogP contribution in [0.5, 0.6) is 11.5 Å². The first-order chi connectivity index (χ1) is 8.58. The lowest BCUT2D eigenvalue weighted by Gasteiger charge is -2.15. The summed E-state index contributed by atoms with van der Waals surface area (Å²) in [6, 6.07) is 4.28.